The minimum Gasteiger partial charge on any atom is -0.457 e. The fourth-order valence-corrected chi connectivity index (χ4v) is 2.70. The summed E-state index contributed by atoms with van der Waals surface area (Å²) in [6.45, 7) is 0.143. The number of ether oxygens (including phenoxy) is 1. The van der Waals surface area contributed by atoms with Crippen molar-refractivity contribution in [3.63, 3.8) is 0 Å². The third-order valence-electron chi connectivity index (χ3n) is 3.24. The number of aromatic nitrogens is 2. The van der Waals surface area contributed by atoms with Crippen molar-refractivity contribution in [2.24, 2.45) is 0 Å². The predicted molar refractivity (Wildman–Crippen MR) is 96.6 cm³/mol. The van der Waals surface area contributed by atoms with E-state index in [4.69, 9.17) is 16.2 Å². The molecule has 0 bridgehead atoms. The summed E-state index contributed by atoms with van der Waals surface area (Å²) < 4.78 is 6.31. The summed E-state index contributed by atoms with van der Waals surface area (Å²) in [6, 6.07) is 12.6. The molecule has 116 valence electrons. The topological polar surface area (TPSA) is 104 Å². The van der Waals surface area contributed by atoms with E-state index >= 15 is 0 Å². The van der Waals surface area contributed by atoms with Gasteiger partial charge in [0.2, 0.25) is 5.95 Å². The Morgan fingerprint density at radius 1 is 1.13 bits per heavy atom. The number of nitrogens with two attached hydrogens (primary N) is 2. The molecule has 0 fully saturated rings. The summed E-state index contributed by atoms with van der Waals surface area (Å²) in [5, 5.41) is 0.682. The molecule has 6 nitrogen and oxygen atoms in total. The molecule has 3 rings (SSSR count). The zero-order valence-corrected chi connectivity index (χ0v) is 14.1. The van der Waals surface area contributed by atoms with Crippen molar-refractivity contribution in [3.05, 3.63) is 57.2 Å². The number of anilines is 2. The lowest BCUT2D eigenvalue weighted by Crippen LogP contribution is -2.06. The number of halogens is 1. The van der Waals surface area contributed by atoms with Crippen LogP contribution in [0.4, 0.5) is 11.8 Å². The number of nitrogens with zero attached hydrogens (tertiary/aromatic N) is 2. The normalized spacial score (nSPS) is 10.7. The molecule has 0 saturated heterocycles. The maximum atomic E-state index is 12.1. The van der Waals surface area contributed by atoms with Crippen LogP contribution in [0.3, 0.4) is 0 Å². The number of nitrogen functional groups attached to an aromatic ring is 2. The minimum absolute atomic E-state index is 0.132. The molecular formula is C16H13IN4O2. The molecule has 0 aliphatic rings. The Labute approximate surface area is 146 Å². The van der Waals surface area contributed by atoms with Gasteiger partial charge in [-0.2, -0.15) is 4.98 Å². The van der Waals surface area contributed by atoms with Gasteiger partial charge in [-0.15, -0.1) is 0 Å². The molecule has 0 atom stereocenters. The quantitative estimate of drug-likeness (QED) is 0.499. The molecule has 1 heterocycles. The van der Waals surface area contributed by atoms with E-state index in [1.807, 2.05) is 18.2 Å². The highest BCUT2D eigenvalue weighted by molar-refractivity contribution is 14.1. The van der Waals surface area contributed by atoms with Gasteiger partial charge >= 0.3 is 5.97 Å². The van der Waals surface area contributed by atoms with Crippen molar-refractivity contribution in [2.75, 3.05) is 11.5 Å². The minimum atomic E-state index is -0.370. The largest absolute Gasteiger partial charge is 0.457 e. The van der Waals surface area contributed by atoms with E-state index in [1.165, 1.54) is 0 Å². The maximum absolute atomic E-state index is 12.1. The van der Waals surface area contributed by atoms with Crippen molar-refractivity contribution in [1.29, 1.82) is 0 Å². The van der Waals surface area contributed by atoms with Gasteiger partial charge in [-0.1, -0.05) is 12.1 Å². The Balaban J connectivity index is 1.78. The van der Waals surface area contributed by atoms with Crippen LogP contribution in [0.1, 0.15) is 15.9 Å². The molecule has 2 aromatic carbocycles. The average Bonchev–Trinajstić information content (AvgIpc) is 2.52. The van der Waals surface area contributed by atoms with Crippen LogP contribution in [0.25, 0.3) is 10.9 Å². The van der Waals surface area contributed by atoms with E-state index in [1.54, 1.807) is 24.3 Å². The molecule has 0 saturated carbocycles. The van der Waals surface area contributed by atoms with Gasteiger partial charge < -0.3 is 16.2 Å². The Hall–Kier alpha value is -2.42. The molecule has 0 amide bonds. The van der Waals surface area contributed by atoms with Gasteiger partial charge in [-0.3, -0.25) is 0 Å². The van der Waals surface area contributed by atoms with Gasteiger partial charge in [-0.05, 0) is 58.5 Å². The van der Waals surface area contributed by atoms with E-state index in [2.05, 4.69) is 32.6 Å². The standard InChI is InChI=1S/C16H13IN4O2/c17-11-3-1-2-10(7-11)15(22)23-8-9-4-5-13-12(6-9)14(18)21-16(19)20-13/h1-7H,8H2,(H4,18,19,20,21). The molecular weight excluding hydrogens is 407 g/mol. The van der Waals surface area contributed by atoms with Crippen molar-refractivity contribution < 1.29 is 9.53 Å². The molecule has 0 aliphatic heterocycles. The summed E-state index contributed by atoms with van der Waals surface area (Å²) >= 11 is 2.15. The van der Waals surface area contributed by atoms with Crippen LogP contribution in [-0.2, 0) is 11.3 Å². The number of carbonyl (C=O) groups is 1. The zero-order chi connectivity index (χ0) is 16.4. The van der Waals surface area contributed by atoms with Gasteiger partial charge in [0, 0.05) is 8.96 Å². The van der Waals surface area contributed by atoms with E-state index in [9.17, 15) is 4.79 Å². The van der Waals surface area contributed by atoms with Crippen LogP contribution in [0.2, 0.25) is 0 Å². The van der Waals surface area contributed by atoms with Crippen molar-refractivity contribution in [2.45, 2.75) is 6.61 Å². The Bertz CT molecular complexity index is 898. The summed E-state index contributed by atoms with van der Waals surface area (Å²) in [4.78, 5) is 20.1. The van der Waals surface area contributed by atoms with E-state index in [0.717, 1.165) is 9.13 Å². The molecule has 0 unspecified atom stereocenters. The van der Waals surface area contributed by atoms with Crippen LogP contribution in [0.15, 0.2) is 42.5 Å². The highest BCUT2D eigenvalue weighted by Crippen LogP contribution is 2.21. The predicted octanol–water partition coefficient (Wildman–Crippen LogP) is 2.76. The monoisotopic (exact) mass is 420 g/mol. The van der Waals surface area contributed by atoms with Crippen LogP contribution in [0, 0.1) is 3.57 Å². The zero-order valence-electron chi connectivity index (χ0n) is 12.0. The van der Waals surface area contributed by atoms with Gasteiger partial charge in [0.1, 0.15) is 12.4 Å². The number of benzene rings is 2. The van der Waals surface area contributed by atoms with Crippen LogP contribution in [-0.4, -0.2) is 15.9 Å². The lowest BCUT2D eigenvalue weighted by molar-refractivity contribution is 0.0473. The summed E-state index contributed by atoms with van der Waals surface area (Å²) in [6.07, 6.45) is 0. The second-order valence-electron chi connectivity index (χ2n) is 4.91. The maximum Gasteiger partial charge on any atom is 0.338 e. The van der Waals surface area contributed by atoms with Crippen LogP contribution < -0.4 is 11.5 Å². The molecule has 7 heteroatoms. The van der Waals surface area contributed by atoms with Crippen molar-refractivity contribution >= 4 is 51.2 Å². The number of hydrogen-bond donors (Lipinski definition) is 2. The Morgan fingerprint density at radius 2 is 1.96 bits per heavy atom. The lowest BCUT2D eigenvalue weighted by Gasteiger charge is -2.07. The number of hydrogen-bond acceptors (Lipinski definition) is 6. The van der Waals surface area contributed by atoms with Gasteiger partial charge in [-0.25, -0.2) is 9.78 Å². The SMILES string of the molecule is Nc1nc(N)c2cc(COC(=O)c3cccc(I)c3)ccc2n1. The average molecular weight is 420 g/mol. The molecule has 0 radical (unpaired) electrons. The second kappa shape index (κ2) is 6.37. The van der Waals surface area contributed by atoms with Gasteiger partial charge in [0.25, 0.3) is 0 Å². The van der Waals surface area contributed by atoms with E-state index in [0.29, 0.717) is 22.3 Å². The first kappa shape index (κ1) is 15.5. The van der Waals surface area contributed by atoms with E-state index in [-0.39, 0.29) is 18.5 Å². The molecule has 1 aromatic heterocycles. The molecule has 0 aliphatic carbocycles. The third-order valence-corrected chi connectivity index (χ3v) is 3.91. The van der Waals surface area contributed by atoms with Gasteiger partial charge in [0.15, 0.2) is 0 Å². The summed E-state index contributed by atoms with van der Waals surface area (Å²) in [5.74, 6) is 0.0660. The van der Waals surface area contributed by atoms with E-state index < -0.39 is 0 Å². The number of rotatable bonds is 3. The van der Waals surface area contributed by atoms with Gasteiger partial charge in [0.05, 0.1) is 11.1 Å². The highest BCUT2D eigenvalue weighted by atomic mass is 127. The first-order valence-electron chi connectivity index (χ1n) is 6.77. The number of esters is 1. The van der Waals surface area contributed by atoms with Crippen molar-refractivity contribution in [3.8, 4) is 0 Å². The Morgan fingerprint density at radius 3 is 2.74 bits per heavy atom. The summed E-state index contributed by atoms with van der Waals surface area (Å²) in [5.41, 5.74) is 13.4. The van der Waals surface area contributed by atoms with Crippen LogP contribution in [0.5, 0.6) is 0 Å². The highest BCUT2D eigenvalue weighted by Gasteiger charge is 2.09. The fraction of sp³-hybridized carbons (Fsp3) is 0.0625. The lowest BCUT2D eigenvalue weighted by atomic mass is 10.1. The van der Waals surface area contributed by atoms with Crippen LogP contribution >= 0.6 is 22.6 Å². The second-order valence-corrected chi connectivity index (χ2v) is 6.15. The number of carbonyl (C=O) groups excluding carboxylic acids is 1. The molecule has 3 aromatic rings. The smallest absolute Gasteiger partial charge is 0.338 e. The van der Waals surface area contributed by atoms with Crippen molar-refractivity contribution in [1.82, 2.24) is 9.97 Å². The molecule has 0 spiro atoms. The first-order valence-corrected chi connectivity index (χ1v) is 7.85. The first-order chi connectivity index (χ1) is 11.0. The molecule has 23 heavy (non-hydrogen) atoms. The summed E-state index contributed by atoms with van der Waals surface area (Å²) in [7, 11) is 0. The third kappa shape index (κ3) is 3.50. The fourth-order valence-electron chi connectivity index (χ4n) is 2.16. The Kier molecular flexibility index (Phi) is 4.28. The molecule has 4 N–H and O–H groups in total. The number of fused-ring (bicyclic) bond motifs is 1.